The Hall–Kier alpha value is -1.26. The standard InChI is InChI=1S/C12H13Cl2NO3/c1-7(15-11(16)4-5-12(17)18)9-3-2-8(13)6-10(9)14/h2-3,6-7H,4-5H2,1H3,(H,15,16)(H,17,18). The van der Waals surface area contributed by atoms with E-state index in [1.165, 1.54) is 0 Å². The van der Waals surface area contributed by atoms with Gasteiger partial charge in [0.15, 0.2) is 0 Å². The predicted octanol–water partition coefficient (Wildman–Crippen LogP) is 3.04. The van der Waals surface area contributed by atoms with Crippen molar-refractivity contribution in [2.24, 2.45) is 0 Å². The number of carbonyl (C=O) groups excluding carboxylic acids is 1. The van der Waals surface area contributed by atoms with E-state index in [1.54, 1.807) is 25.1 Å². The van der Waals surface area contributed by atoms with Crippen molar-refractivity contribution >= 4 is 35.1 Å². The van der Waals surface area contributed by atoms with Crippen molar-refractivity contribution in [3.63, 3.8) is 0 Å². The van der Waals surface area contributed by atoms with E-state index in [-0.39, 0.29) is 24.8 Å². The summed E-state index contributed by atoms with van der Waals surface area (Å²) in [7, 11) is 0. The van der Waals surface area contributed by atoms with Crippen LogP contribution in [-0.4, -0.2) is 17.0 Å². The minimum Gasteiger partial charge on any atom is -0.481 e. The molecule has 0 aromatic heterocycles. The molecule has 2 N–H and O–H groups in total. The lowest BCUT2D eigenvalue weighted by Crippen LogP contribution is -2.27. The number of hydrogen-bond acceptors (Lipinski definition) is 2. The summed E-state index contributed by atoms with van der Waals surface area (Å²) in [5.74, 6) is -1.32. The first-order valence-electron chi connectivity index (χ1n) is 5.36. The molecule has 0 bridgehead atoms. The Balaban J connectivity index is 2.62. The topological polar surface area (TPSA) is 66.4 Å². The third kappa shape index (κ3) is 4.55. The van der Waals surface area contributed by atoms with Gasteiger partial charge in [0.2, 0.25) is 5.91 Å². The Bertz CT molecular complexity index is 463. The van der Waals surface area contributed by atoms with Crippen molar-refractivity contribution in [3.05, 3.63) is 33.8 Å². The second kappa shape index (κ2) is 6.61. The van der Waals surface area contributed by atoms with Gasteiger partial charge in [-0.05, 0) is 24.6 Å². The van der Waals surface area contributed by atoms with Gasteiger partial charge in [0.25, 0.3) is 0 Å². The summed E-state index contributed by atoms with van der Waals surface area (Å²) in [4.78, 5) is 21.8. The quantitative estimate of drug-likeness (QED) is 0.876. The van der Waals surface area contributed by atoms with E-state index in [0.29, 0.717) is 10.0 Å². The predicted molar refractivity (Wildman–Crippen MR) is 69.9 cm³/mol. The van der Waals surface area contributed by atoms with E-state index < -0.39 is 5.97 Å². The molecule has 0 aliphatic carbocycles. The smallest absolute Gasteiger partial charge is 0.303 e. The number of carbonyl (C=O) groups is 2. The summed E-state index contributed by atoms with van der Waals surface area (Å²) >= 11 is 11.8. The zero-order valence-corrected chi connectivity index (χ0v) is 11.3. The zero-order chi connectivity index (χ0) is 13.7. The van der Waals surface area contributed by atoms with Crippen molar-refractivity contribution in [1.29, 1.82) is 0 Å². The molecule has 1 atom stereocenters. The van der Waals surface area contributed by atoms with Gasteiger partial charge in [0.05, 0.1) is 12.5 Å². The fourth-order valence-corrected chi connectivity index (χ4v) is 2.04. The number of carboxylic acids is 1. The van der Waals surface area contributed by atoms with E-state index in [9.17, 15) is 9.59 Å². The number of nitrogens with one attached hydrogen (secondary N) is 1. The summed E-state index contributed by atoms with van der Waals surface area (Å²) < 4.78 is 0. The van der Waals surface area contributed by atoms with E-state index in [0.717, 1.165) is 5.56 Å². The third-order valence-corrected chi connectivity index (χ3v) is 2.93. The first-order valence-corrected chi connectivity index (χ1v) is 6.12. The maximum atomic E-state index is 11.5. The molecule has 1 aromatic rings. The summed E-state index contributed by atoms with van der Waals surface area (Å²) in [6.07, 6.45) is -0.238. The fourth-order valence-electron chi connectivity index (χ4n) is 1.46. The van der Waals surface area contributed by atoms with Gasteiger partial charge in [-0.15, -0.1) is 0 Å². The van der Waals surface area contributed by atoms with Crippen LogP contribution in [0.4, 0.5) is 0 Å². The lowest BCUT2D eigenvalue weighted by Gasteiger charge is -2.15. The maximum absolute atomic E-state index is 11.5. The van der Waals surface area contributed by atoms with Gasteiger partial charge in [-0.2, -0.15) is 0 Å². The summed E-state index contributed by atoms with van der Waals surface area (Å²) in [6, 6.07) is 4.71. The Kier molecular flexibility index (Phi) is 5.44. The lowest BCUT2D eigenvalue weighted by molar-refractivity contribution is -0.138. The van der Waals surface area contributed by atoms with E-state index in [2.05, 4.69) is 5.32 Å². The van der Waals surface area contributed by atoms with Crippen LogP contribution in [0, 0.1) is 0 Å². The summed E-state index contributed by atoms with van der Waals surface area (Å²) in [6.45, 7) is 1.77. The molecular weight excluding hydrogens is 277 g/mol. The van der Waals surface area contributed by atoms with Gasteiger partial charge in [0, 0.05) is 16.5 Å². The minimum atomic E-state index is -0.998. The molecule has 1 aromatic carbocycles. The molecule has 1 unspecified atom stereocenters. The molecule has 0 heterocycles. The van der Waals surface area contributed by atoms with E-state index in [1.807, 2.05) is 0 Å². The van der Waals surface area contributed by atoms with Crippen molar-refractivity contribution < 1.29 is 14.7 Å². The molecular formula is C12H13Cl2NO3. The van der Waals surface area contributed by atoms with Gasteiger partial charge in [0.1, 0.15) is 0 Å². The minimum absolute atomic E-state index is 0.0507. The van der Waals surface area contributed by atoms with Crippen LogP contribution in [0.25, 0.3) is 0 Å². The normalized spacial score (nSPS) is 11.9. The van der Waals surface area contributed by atoms with Crippen LogP contribution >= 0.6 is 23.2 Å². The van der Waals surface area contributed by atoms with Crippen molar-refractivity contribution in [1.82, 2.24) is 5.32 Å². The van der Waals surface area contributed by atoms with Crippen LogP contribution in [-0.2, 0) is 9.59 Å². The average Bonchev–Trinajstić information content (AvgIpc) is 2.26. The molecule has 6 heteroatoms. The number of amides is 1. The molecule has 18 heavy (non-hydrogen) atoms. The summed E-state index contributed by atoms with van der Waals surface area (Å²) in [5, 5.41) is 12.1. The molecule has 98 valence electrons. The zero-order valence-electron chi connectivity index (χ0n) is 9.74. The maximum Gasteiger partial charge on any atom is 0.303 e. The molecule has 0 radical (unpaired) electrons. The highest BCUT2D eigenvalue weighted by Gasteiger charge is 2.13. The SMILES string of the molecule is CC(NC(=O)CCC(=O)O)c1ccc(Cl)cc1Cl. The Morgan fingerprint density at radius 3 is 2.56 bits per heavy atom. The third-order valence-electron chi connectivity index (χ3n) is 2.37. The van der Waals surface area contributed by atoms with Gasteiger partial charge >= 0.3 is 5.97 Å². The van der Waals surface area contributed by atoms with Crippen LogP contribution in [0.5, 0.6) is 0 Å². The molecule has 0 saturated heterocycles. The van der Waals surface area contributed by atoms with Crippen molar-refractivity contribution in [2.45, 2.75) is 25.8 Å². The van der Waals surface area contributed by atoms with Crippen LogP contribution in [0.3, 0.4) is 0 Å². The monoisotopic (exact) mass is 289 g/mol. The highest BCUT2D eigenvalue weighted by atomic mass is 35.5. The van der Waals surface area contributed by atoms with Gasteiger partial charge in [-0.25, -0.2) is 0 Å². The Morgan fingerprint density at radius 1 is 1.33 bits per heavy atom. The van der Waals surface area contributed by atoms with Gasteiger partial charge < -0.3 is 10.4 Å². The molecule has 4 nitrogen and oxygen atoms in total. The van der Waals surface area contributed by atoms with Crippen molar-refractivity contribution in [3.8, 4) is 0 Å². The molecule has 0 saturated carbocycles. The number of rotatable bonds is 5. The van der Waals surface area contributed by atoms with Gasteiger partial charge in [-0.3, -0.25) is 9.59 Å². The van der Waals surface area contributed by atoms with Crippen LogP contribution in [0.1, 0.15) is 31.4 Å². The van der Waals surface area contributed by atoms with Gasteiger partial charge in [-0.1, -0.05) is 29.3 Å². The average molecular weight is 290 g/mol. The highest BCUT2D eigenvalue weighted by Crippen LogP contribution is 2.26. The van der Waals surface area contributed by atoms with E-state index in [4.69, 9.17) is 28.3 Å². The lowest BCUT2D eigenvalue weighted by atomic mass is 10.1. The second-order valence-electron chi connectivity index (χ2n) is 3.85. The first-order chi connectivity index (χ1) is 8.40. The number of hydrogen-bond donors (Lipinski definition) is 2. The van der Waals surface area contributed by atoms with E-state index >= 15 is 0 Å². The number of carboxylic acid groups (broad SMARTS) is 1. The van der Waals surface area contributed by atoms with Crippen LogP contribution < -0.4 is 5.32 Å². The molecule has 0 aliphatic rings. The second-order valence-corrected chi connectivity index (χ2v) is 4.69. The summed E-state index contributed by atoms with van der Waals surface area (Å²) in [5.41, 5.74) is 0.741. The number of aliphatic carboxylic acids is 1. The van der Waals surface area contributed by atoms with Crippen molar-refractivity contribution in [2.75, 3.05) is 0 Å². The molecule has 0 fully saturated rings. The largest absolute Gasteiger partial charge is 0.481 e. The molecule has 0 aliphatic heterocycles. The fraction of sp³-hybridized carbons (Fsp3) is 0.333. The highest BCUT2D eigenvalue weighted by molar-refractivity contribution is 6.35. The number of benzene rings is 1. The molecule has 1 amide bonds. The number of halogens is 2. The Labute approximate surface area is 115 Å². The molecule has 1 rings (SSSR count). The molecule has 0 spiro atoms. The Morgan fingerprint density at radius 2 is 2.00 bits per heavy atom. The van der Waals surface area contributed by atoms with Crippen LogP contribution in [0.15, 0.2) is 18.2 Å². The van der Waals surface area contributed by atoms with Crippen LogP contribution in [0.2, 0.25) is 10.0 Å². The first kappa shape index (κ1) is 14.8.